The fourth-order valence-electron chi connectivity index (χ4n) is 3.26. The zero-order valence-corrected chi connectivity index (χ0v) is 15.3. The van der Waals surface area contributed by atoms with Gasteiger partial charge < -0.3 is 14.4 Å². The predicted molar refractivity (Wildman–Crippen MR) is 105 cm³/mol. The first kappa shape index (κ1) is 17.6. The van der Waals surface area contributed by atoms with Gasteiger partial charge in [0.15, 0.2) is 0 Å². The molecule has 27 heavy (non-hydrogen) atoms. The van der Waals surface area contributed by atoms with Crippen LogP contribution in [0.25, 0.3) is 22.2 Å². The van der Waals surface area contributed by atoms with Crippen molar-refractivity contribution in [3.8, 4) is 11.3 Å². The Kier molecular flexibility index (Phi) is 5.14. The third kappa shape index (κ3) is 3.99. The predicted octanol–water partition coefficient (Wildman–Crippen LogP) is 3.39. The van der Waals surface area contributed by atoms with E-state index < -0.39 is 0 Å². The number of carbonyl (C=O) groups is 1. The summed E-state index contributed by atoms with van der Waals surface area (Å²) in [6.45, 7) is 2.26. The molecule has 4 rings (SSSR count). The molecule has 0 spiro atoms. The van der Waals surface area contributed by atoms with Gasteiger partial charge >= 0.3 is 0 Å². The molecule has 1 amide bonds. The van der Waals surface area contributed by atoms with E-state index in [1.165, 1.54) is 0 Å². The fraction of sp³-hybridized carbons (Fsp3) is 0.273. The minimum Gasteiger partial charge on any atom is -0.376 e. The highest BCUT2D eigenvalue weighted by Gasteiger charge is 2.20. The number of likely N-dealkylation sites (N-methyl/N-ethyl adjacent to an activating group) is 1. The molecule has 2 heterocycles. The summed E-state index contributed by atoms with van der Waals surface area (Å²) in [4.78, 5) is 19.0. The van der Waals surface area contributed by atoms with Crippen molar-refractivity contribution < 1.29 is 14.3 Å². The average molecular weight is 362 g/mol. The van der Waals surface area contributed by atoms with Crippen LogP contribution in [0.4, 0.5) is 0 Å². The summed E-state index contributed by atoms with van der Waals surface area (Å²) in [5.74, 6) is -0.0257. The molecule has 1 atom stereocenters. The van der Waals surface area contributed by atoms with E-state index >= 15 is 0 Å². The number of carbonyl (C=O) groups excluding carboxylic acids is 1. The number of amides is 1. The van der Waals surface area contributed by atoms with Crippen LogP contribution in [0.3, 0.4) is 0 Å². The first-order chi connectivity index (χ1) is 13.2. The lowest BCUT2D eigenvalue weighted by atomic mass is 10.1. The maximum Gasteiger partial charge on any atom is 0.253 e. The van der Waals surface area contributed by atoms with Gasteiger partial charge in [-0.05, 0) is 24.3 Å². The Morgan fingerprint density at radius 2 is 1.89 bits per heavy atom. The Morgan fingerprint density at radius 3 is 2.67 bits per heavy atom. The topological polar surface area (TPSA) is 51.7 Å². The summed E-state index contributed by atoms with van der Waals surface area (Å²) in [7, 11) is 1.79. The minimum atomic E-state index is -0.0613. The lowest BCUT2D eigenvalue weighted by molar-refractivity contribution is -0.0933. The van der Waals surface area contributed by atoms with E-state index in [1.807, 2.05) is 54.6 Å². The molecule has 1 saturated heterocycles. The molecule has 1 fully saturated rings. The monoisotopic (exact) mass is 362 g/mol. The Labute approximate surface area is 158 Å². The number of ether oxygens (including phenoxy) is 2. The summed E-state index contributed by atoms with van der Waals surface area (Å²) in [6, 6.07) is 19.7. The summed E-state index contributed by atoms with van der Waals surface area (Å²) < 4.78 is 11.0. The first-order valence-electron chi connectivity index (χ1n) is 9.12. The first-order valence-corrected chi connectivity index (χ1v) is 9.12. The lowest BCUT2D eigenvalue weighted by Crippen LogP contribution is -2.40. The van der Waals surface area contributed by atoms with Gasteiger partial charge in [-0.25, -0.2) is 4.98 Å². The summed E-state index contributed by atoms with van der Waals surface area (Å²) in [6.07, 6.45) is -0.0613. The zero-order valence-electron chi connectivity index (χ0n) is 15.3. The van der Waals surface area contributed by atoms with Gasteiger partial charge in [0, 0.05) is 30.1 Å². The maximum absolute atomic E-state index is 12.7. The van der Waals surface area contributed by atoms with Crippen molar-refractivity contribution in [1.82, 2.24) is 9.88 Å². The van der Waals surface area contributed by atoms with E-state index in [0.29, 0.717) is 31.9 Å². The summed E-state index contributed by atoms with van der Waals surface area (Å²) in [5, 5.41) is 1.11. The van der Waals surface area contributed by atoms with Gasteiger partial charge in [0.25, 0.3) is 5.91 Å². The molecule has 0 aliphatic carbocycles. The number of hydrogen-bond acceptors (Lipinski definition) is 4. The Balaban J connectivity index is 1.48. The minimum absolute atomic E-state index is 0.0257. The molecule has 5 heteroatoms. The van der Waals surface area contributed by atoms with Crippen LogP contribution in [0.2, 0.25) is 0 Å². The molecule has 0 radical (unpaired) electrons. The van der Waals surface area contributed by atoms with Crippen molar-refractivity contribution in [2.24, 2.45) is 0 Å². The molecule has 1 aliphatic rings. The van der Waals surface area contributed by atoms with Crippen LogP contribution in [0, 0.1) is 0 Å². The smallest absolute Gasteiger partial charge is 0.253 e. The van der Waals surface area contributed by atoms with Crippen LogP contribution in [0.5, 0.6) is 0 Å². The molecular weight excluding hydrogens is 340 g/mol. The van der Waals surface area contributed by atoms with Crippen molar-refractivity contribution in [3.05, 3.63) is 66.2 Å². The second-order valence-electron chi connectivity index (χ2n) is 6.72. The molecule has 1 aromatic heterocycles. The van der Waals surface area contributed by atoms with Crippen molar-refractivity contribution >= 4 is 16.8 Å². The molecule has 1 unspecified atom stereocenters. The van der Waals surface area contributed by atoms with Gasteiger partial charge in [-0.2, -0.15) is 0 Å². The van der Waals surface area contributed by atoms with E-state index in [9.17, 15) is 4.79 Å². The number of nitrogens with zero attached hydrogens (tertiary/aromatic N) is 2. The highest BCUT2D eigenvalue weighted by Crippen LogP contribution is 2.21. The quantitative estimate of drug-likeness (QED) is 0.714. The van der Waals surface area contributed by atoms with Crippen molar-refractivity contribution in [2.75, 3.05) is 33.4 Å². The van der Waals surface area contributed by atoms with Crippen molar-refractivity contribution in [2.45, 2.75) is 6.10 Å². The Bertz CT molecular complexity index is 934. The van der Waals surface area contributed by atoms with E-state index in [0.717, 1.165) is 22.2 Å². The summed E-state index contributed by atoms with van der Waals surface area (Å²) >= 11 is 0. The molecule has 1 aliphatic heterocycles. The van der Waals surface area contributed by atoms with Gasteiger partial charge in [-0.15, -0.1) is 0 Å². The van der Waals surface area contributed by atoms with Crippen LogP contribution < -0.4 is 0 Å². The van der Waals surface area contributed by atoms with Crippen LogP contribution in [-0.2, 0) is 9.47 Å². The largest absolute Gasteiger partial charge is 0.376 e. The normalized spacial score (nSPS) is 17.0. The SMILES string of the molecule is CN(CC1COCCO1)C(=O)c1ccc(-c2ccc3ccccc3n2)cc1. The molecule has 2 aromatic carbocycles. The highest BCUT2D eigenvalue weighted by molar-refractivity contribution is 5.94. The van der Waals surface area contributed by atoms with E-state index in [4.69, 9.17) is 14.5 Å². The Hall–Kier alpha value is -2.76. The molecule has 138 valence electrons. The van der Waals surface area contributed by atoms with Gasteiger partial charge in [0.1, 0.15) is 0 Å². The number of fused-ring (bicyclic) bond motifs is 1. The number of rotatable bonds is 4. The molecular formula is C22H22N2O3. The van der Waals surface area contributed by atoms with E-state index in [1.54, 1.807) is 11.9 Å². The second-order valence-corrected chi connectivity index (χ2v) is 6.72. The van der Waals surface area contributed by atoms with E-state index in [-0.39, 0.29) is 12.0 Å². The van der Waals surface area contributed by atoms with Crippen molar-refractivity contribution in [3.63, 3.8) is 0 Å². The molecule has 3 aromatic rings. The highest BCUT2D eigenvalue weighted by atomic mass is 16.6. The van der Waals surface area contributed by atoms with Crippen LogP contribution in [-0.4, -0.2) is 55.3 Å². The lowest BCUT2D eigenvalue weighted by Gasteiger charge is -2.27. The Morgan fingerprint density at radius 1 is 1.07 bits per heavy atom. The zero-order chi connectivity index (χ0) is 18.6. The average Bonchev–Trinajstić information content (AvgIpc) is 2.73. The number of pyridine rings is 1. The molecule has 0 bridgehead atoms. The second kappa shape index (κ2) is 7.86. The number of aromatic nitrogens is 1. The van der Waals surface area contributed by atoms with Crippen LogP contribution >= 0.6 is 0 Å². The molecule has 5 nitrogen and oxygen atoms in total. The third-order valence-corrected chi connectivity index (χ3v) is 4.74. The van der Waals surface area contributed by atoms with Crippen LogP contribution in [0.1, 0.15) is 10.4 Å². The van der Waals surface area contributed by atoms with Crippen LogP contribution in [0.15, 0.2) is 60.7 Å². The third-order valence-electron chi connectivity index (χ3n) is 4.74. The summed E-state index contributed by atoms with van der Waals surface area (Å²) in [5.41, 5.74) is 3.50. The molecule has 0 N–H and O–H groups in total. The van der Waals surface area contributed by atoms with Gasteiger partial charge in [-0.3, -0.25) is 4.79 Å². The number of benzene rings is 2. The standard InChI is InChI=1S/C22H22N2O3/c1-24(14-19-15-26-12-13-27-19)22(25)18-8-6-17(7-9-18)21-11-10-16-4-2-3-5-20(16)23-21/h2-11,19H,12-15H2,1H3. The van der Waals surface area contributed by atoms with Gasteiger partial charge in [-0.1, -0.05) is 36.4 Å². The van der Waals surface area contributed by atoms with Gasteiger partial charge in [0.05, 0.1) is 37.1 Å². The molecule has 0 saturated carbocycles. The number of para-hydroxylation sites is 1. The number of hydrogen-bond donors (Lipinski definition) is 0. The van der Waals surface area contributed by atoms with Gasteiger partial charge in [0.2, 0.25) is 0 Å². The van der Waals surface area contributed by atoms with E-state index in [2.05, 4.69) is 6.07 Å². The fourth-order valence-corrected chi connectivity index (χ4v) is 3.26. The van der Waals surface area contributed by atoms with Crippen molar-refractivity contribution in [1.29, 1.82) is 0 Å². The maximum atomic E-state index is 12.7.